The molecule has 0 saturated heterocycles. The van der Waals surface area contributed by atoms with Crippen molar-refractivity contribution in [3.8, 4) is 0 Å². The van der Waals surface area contributed by atoms with Gasteiger partial charge in [0.1, 0.15) is 6.61 Å². The molecule has 0 heterocycles. The molecule has 1 aromatic rings. The van der Waals surface area contributed by atoms with E-state index in [9.17, 15) is 9.59 Å². The Morgan fingerprint density at radius 1 is 1.18 bits per heavy atom. The number of hydrogen-bond donors (Lipinski definition) is 1. The van der Waals surface area contributed by atoms with Crippen molar-refractivity contribution in [2.45, 2.75) is 38.3 Å². The maximum absolute atomic E-state index is 11.9. The lowest BCUT2D eigenvalue weighted by atomic mass is 9.85. The van der Waals surface area contributed by atoms with Gasteiger partial charge in [0.2, 0.25) is 5.91 Å². The molecule has 122 valence electrons. The Bertz CT molecular complexity index is 500. The number of nitrogens with zero attached hydrogens (tertiary/aromatic N) is 1. The van der Waals surface area contributed by atoms with Crippen LogP contribution in [0, 0.1) is 5.92 Å². The van der Waals surface area contributed by atoms with Gasteiger partial charge in [0.25, 0.3) is 0 Å². The third-order valence-electron chi connectivity index (χ3n) is 4.05. The van der Waals surface area contributed by atoms with Crippen LogP contribution in [0.2, 0.25) is 0 Å². The standard InChI is InChI=1S/C17H24N2O3.H2/c1-19(2)16(20)14-8-10-15(11-9-14)18-17(21)22-12-13-6-4-3-5-7-13;/h3-7,14-15H,8-12H2,1-2H3,(H,18,21);1H. The number of nitrogens with one attached hydrogen (secondary N) is 1. The van der Waals surface area contributed by atoms with Gasteiger partial charge in [-0.2, -0.15) is 0 Å². The van der Waals surface area contributed by atoms with Crippen LogP contribution in [-0.4, -0.2) is 37.0 Å². The fourth-order valence-electron chi connectivity index (χ4n) is 2.78. The summed E-state index contributed by atoms with van der Waals surface area (Å²) < 4.78 is 5.22. The Labute approximate surface area is 133 Å². The maximum atomic E-state index is 11.9. The summed E-state index contributed by atoms with van der Waals surface area (Å²) in [5.74, 6) is 0.276. The molecule has 2 rings (SSSR count). The van der Waals surface area contributed by atoms with E-state index in [0.29, 0.717) is 0 Å². The van der Waals surface area contributed by atoms with Gasteiger partial charge in [-0.1, -0.05) is 30.3 Å². The van der Waals surface area contributed by atoms with Crippen molar-refractivity contribution in [2.24, 2.45) is 5.92 Å². The van der Waals surface area contributed by atoms with Crippen LogP contribution in [-0.2, 0) is 16.1 Å². The quantitative estimate of drug-likeness (QED) is 0.930. The molecule has 0 aromatic heterocycles. The first-order valence-corrected chi connectivity index (χ1v) is 7.74. The molecule has 1 fully saturated rings. The second kappa shape index (κ2) is 7.82. The van der Waals surface area contributed by atoms with Gasteiger partial charge in [0, 0.05) is 27.5 Å². The van der Waals surface area contributed by atoms with E-state index in [1.54, 1.807) is 19.0 Å². The van der Waals surface area contributed by atoms with E-state index >= 15 is 0 Å². The molecular formula is C17H26N2O3. The molecule has 5 nitrogen and oxygen atoms in total. The molecule has 1 aliphatic carbocycles. The summed E-state index contributed by atoms with van der Waals surface area (Å²) >= 11 is 0. The Kier molecular flexibility index (Phi) is 5.81. The highest BCUT2D eigenvalue weighted by molar-refractivity contribution is 5.78. The lowest BCUT2D eigenvalue weighted by Gasteiger charge is -2.29. The number of carbonyl (C=O) groups is 2. The highest BCUT2D eigenvalue weighted by Gasteiger charge is 2.28. The Morgan fingerprint density at radius 2 is 1.82 bits per heavy atom. The summed E-state index contributed by atoms with van der Waals surface area (Å²) in [7, 11) is 3.57. The van der Waals surface area contributed by atoms with Crippen LogP contribution in [0.5, 0.6) is 0 Å². The number of carbonyl (C=O) groups excluding carboxylic acids is 2. The fraction of sp³-hybridized carbons (Fsp3) is 0.529. The zero-order valence-corrected chi connectivity index (χ0v) is 13.2. The zero-order valence-electron chi connectivity index (χ0n) is 13.2. The second-order valence-electron chi connectivity index (χ2n) is 5.99. The van der Waals surface area contributed by atoms with Gasteiger partial charge < -0.3 is 15.0 Å². The summed E-state index contributed by atoms with van der Waals surface area (Å²) in [4.78, 5) is 25.3. The zero-order chi connectivity index (χ0) is 15.9. The van der Waals surface area contributed by atoms with Crippen LogP contribution in [0.15, 0.2) is 30.3 Å². The van der Waals surface area contributed by atoms with Crippen molar-refractivity contribution in [2.75, 3.05) is 14.1 Å². The number of ether oxygens (including phenoxy) is 1. The SMILES string of the molecule is CN(C)C(=O)C1CCC(NC(=O)OCc2ccccc2)CC1.[HH]. The van der Waals surface area contributed by atoms with Crippen LogP contribution < -0.4 is 5.32 Å². The van der Waals surface area contributed by atoms with Gasteiger partial charge in [0.05, 0.1) is 0 Å². The van der Waals surface area contributed by atoms with Crippen LogP contribution in [0.25, 0.3) is 0 Å². The van der Waals surface area contributed by atoms with E-state index in [1.165, 1.54) is 0 Å². The van der Waals surface area contributed by atoms with E-state index in [0.717, 1.165) is 31.2 Å². The molecule has 2 amide bonds. The van der Waals surface area contributed by atoms with Crippen LogP contribution >= 0.6 is 0 Å². The topological polar surface area (TPSA) is 58.6 Å². The molecule has 0 radical (unpaired) electrons. The summed E-state index contributed by atoms with van der Waals surface area (Å²) in [6, 6.07) is 9.71. The van der Waals surface area contributed by atoms with Gasteiger partial charge in [-0.15, -0.1) is 0 Å². The highest BCUT2D eigenvalue weighted by atomic mass is 16.5. The van der Waals surface area contributed by atoms with Crippen molar-refractivity contribution >= 4 is 12.0 Å². The second-order valence-corrected chi connectivity index (χ2v) is 5.99. The van der Waals surface area contributed by atoms with Crippen molar-refractivity contribution in [3.05, 3.63) is 35.9 Å². The Morgan fingerprint density at radius 3 is 2.41 bits per heavy atom. The molecule has 0 spiro atoms. The predicted molar refractivity (Wildman–Crippen MR) is 86.3 cm³/mol. The van der Waals surface area contributed by atoms with Crippen molar-refractivity contribution < 1.29 is 15.8 Å². The first-order valence-electron chi connectivity index (χ1n) is 7.74. The van der Waals surface area contributed by atoms with Crippen molar-refractivity contribution in [3.63, 3.8) is 0 Å². The predicted octanol–water partition coefficient (Wildman–Crippen LogP) is 2.81. The lowest BCUT2D eigenvalue weighted by molar-refractivity contribution is -0.134. The minimum atomic E-state index is -0.383. The first-order chi connectivity index (χ1) is 10.6. The molecule has 5 heteroatoms. The largest absolute Gasteiger partial charge is 0.445 e. The van der Waals surface area contributed by atoms with Gasteiger partial charge >= 0.3 is 6.09 Å². The average Bonchev–Trinajstić information content (AvgIpc) is 2.54. The molecule has 0 atom stereocenters. The highest BCUT2D eigenvalue weighted by Crippen LogP contribution is 2.25. The minimum Gasteiger partial charge on any atom is -0.445 e. The van der Waals surface area contributed by atoms with Gasteiger partial charge in [-0.3, -0.25) is 4.79 Å². The Hall–Kier alpha value is -2.04. The van der Waals surface area contributed by atoms with E-state index in [2.05, 4.69) is 5.32 Å². The average molecular weight is 306 g/mol. The Balaban J connectivity index is 0.00000264. The lowest BCUT2D eigenvalue weighted by Crippen LogP contribution is -2.40. The summed E-state index contributed by atoms with van der Waals surface area (Å²) in [6.45, 7) is 0.279. The summed E-state index contributed by atoms with van der Waals surface area (Å²) in [5.41, 5.74) is 0.970. The van der Waals surface area contributed by atoms with Crippen molar-refractivity contribution in [1.29, 1.82) is 0 Å². The molecule has 22 heavy (non-hydrogen) atoms. The van der Waals surface area contributed by atoms with Gasteiger partial charge in [-0.25, -0.2) is 4.79 Å². The normalized spacial score (nSPS) is 21.0. The first kappa shape index (κ1) is 16.3. The number of rotatable bonds is 4. The molecule has 0 aliphatic heterocycles. The van der Waals surface area contributed by atoms with E-state index in [1.807, 2.05) is 30.3 Å². The molecule has 1 N–H and O–H groups in total. The molecular weight excluding hydrogens is 280 g/mol. The van der Waals surface area contributed by atoms with E-state index in [-0.39, 0.29) is 32.0 Å². The van der Waals surface area contributed by atoms with Crippen LogP contribution in [0.1, 0.15) is 32.7 Å². The number of benzene rings is 1. The molecule has 1 aliphatic rings. The van der Waals surface area contributed by atoms with Crippen LogP contribution in [0.3, 0.4) is 0 Å². The number of alkyl carbamates (subject to hydrolysis) is 1. The third-order valence-corrected chi connectivity index (χ3v) is 4.05. The van der Waals surface area contributed by atoms with Gasteiger partial charge in [-0.05, 0) is 31.2 Å². The molecule has 1 aromatic carbocycles. The fourth-order valence-corrected chi connectivity index (χ4v) is 2.78. The molecule has 1 saturated carbocycles. The molecule has 0 unspecified atom stereocenters. The van der Waals surface area contributed by atoms with E-state index in [4.69, 9.17) is 4.74 Å². The third kappa shape index (κ3) is 4.76. The summed E-state index contributed by atoms with van der Waals surface area (Å²) in [6.07, 6.45) is 2.91. The van der Waals surface area contributed by atoms with Gasteiger partial charge in [0.15, 0.2) is 0 Å². The molecule has 0 bridgehead atoms. The number of hydrogen-bond acceptors (Lipinski definition) is 3. The van der Waals surface area contributed by atoms with Crippen molar-refractivity contribution in [1.82, 2.24) is 10.2 Å². The number of amides is 2. The van der Waals surface area contributed by atoms with Crippen LogP contribution in [0.4, 0.5) is 4.79 Å². The minimum absolute atomic E-state index is 0. The summed E-state index contributed by atoms with van der Waals surface area (Å²) in [5, 5.41) is 2.89. The maximum Gasteiger partial charge on any atom is 0.407 e. The smallest absolute Gasteiger partial charge is 0.407 e. The van der Waals surface area contributed by atoms with E-state index < -0.39 is 0 Å². The monoisotopic (exact) mass is 306 g/mol.